The average molecular weight is 299 g/mol. The molecule has 0 saturated heterocycles. The highest BCUT2D eigenvalue weighted by Gasteiger charge is 2.28. The Morgan fingerprint density at radius 2 is 1.95 bits per heavy atom. The van der Waals surface area contributed by atoms with Gasteiger partial charge in [0, 0.05) is 12.0 Å². The van der Waals surface area contributed by atoms with Gasteiger partial charge in [-0.1, -0.05) is 24.0 Å². The van der Waals surface area contributed by atoms with Crippen LogP contribution >= 0.6 is 0 Å². The lowest BCUT2D eigenvalue weighted by Gasteiger charge is -2.15. The molecule has 0 spiro atoms. The third kappa shape index (κ3) is 6.82. The minimum atomic E-state index is -4.33. The largest absolute Gasteiger partial charge is 0.389 e. The van der Waals surface area contributed by atoms with Gasteiger partial charge in [0.05, 0.1) is 12.5 Å². The maximum atomic E-state index is 12.0. The Hall–Kier alpha value is -2.00. The number of amides is 1. The summed E-state index contributed by atoms with van der Waals surface area (Å²) in [4.78, 5) is 11.4. The van der Waals surface area contributed by atoms with Crippen molar-refractivity contribution in [2.45, 2.75) is 32.0 Å². The standard InChI is InChI=1S/C15H16F3NO2/c1-11(19-14(21)8-9-15(16,17)18)13-6-4-12(5-7-13)3-2-10-20/h4-7,11,20H,8-10H2,1H3,(H,19,21). The maximum Gasteiger partial charge on any atom is 0.389 e. The van der Waals surface area contributed by atoms with Crippen molar-refractivity contribution in [3.05, 3.63) is 35.4 Å². The molecule has 0 aliphatic heterocycles. The molecule has 2 N–H and O–H groups in total. The molecule has 1 aromatic carbocycles. The Morgan fingerprint density at radius 1 is 1.33 bits per heavy atom. The highest BCUT2D eigenvalue weighted by Crippen LogP contribution is 2.21. The summed E-state index contributed by atoms with van der Waals surface area (Å²) in [6.07, 6.45) is -6.03. The highest BCUT2D eigenvalue weighted by molar-refractivity contribution is 5.76. The van der Waals surface area contributed by atoms with Crippen molar-refractivity contribution < 1.29 is 23.1 Å². The predicted molar refractivity (Wildman–Crippen MR) is 72.3 cm³/mol. The molecule has 0 saturated carbocycles. The second kappa shape index (κ2) is 7.70. The third-order valence-corrected chi connectivity index (χ3v) is 2.74. The van der Waals surface area contributed by atoms with Gasteiger partial charge >= 0.3 is 6.18 Å². The zero-order valence-electron chi connectivity index (χ0n) is 11.5. The minimum Gasteiger partial charge on any atom is -0.384 e. The van der Waals surface area contributed by atoms with E-state index in [0.29, 0.717) is 5.56 Å². The Morgan fingerprint density at radius 3 is 2.48 bits per heavy atom. The van der Waals surface area contributed by atoms with Gasteiger partial charge in [-0.05, 0) is 24.6 Å². The first-order valence-corrected chi connectivity index (χ1v) is 6.37. The normalized spacial score (nSPS) is 12.2. The fraction of sp³-hybridized carbons (Fsp3) is 0.400. The first kappa shape index (κ1) is 17.1. The summed E-state index contributed by atoms with van der Waals surface area (Å²) in [5.74, 6) is 4.60. The predicted octanol–water partition coefficient (Wildman–Crippen LogP) is 2.55. The van der Waals surface area contributed by atoms with Crippen LogP contribution in [0.3, 0.4) is 0 Å². The molecule has 0 radical (unpaired) electrons. The van der Waals surface area contributed by atoms with Crippen LogP contribution in [0.15, 0.2) is 24.3 Å². The van der Waals surface area contributed by atoms with E-state index in [2.05, 4.69) is 17.2 Å². The van der Waals surface area contributed by atoms with Crippen molar-refractivity contribution in [3.8, 4) is 11.8 Å². The Bertz CT molecular complexity index is 527. The summed E-state index contributed by atoms with van der Waals surface area (Å²) < 4.78 is 36.0. The molecule has 1 aromatic rings. The minimum absolute atomic E-state index is 0.229. The SMILES string of the molecule is CC(NC(=O)CCC(F)(F)F)c1ccc(C#CCO)cc1. The second-order valence-electron chi connectivity index (χ2n) is 4.49. The second-order valence-corrected chi connectivity index (χ2v) is 4.49. The lowest BCUT2D eigenvalue weighted by Crippen LogP contribution is -2.27. The molecule has 1 amide bonds. The number of aliphatic hydroxyl groups is 1. The van der Waals surface area contributed by atoms with Crippen LogP contribution in [0.2, 0.25) is 0 Å². The van der Waals surface area contributed by atoms with Gasteiger partial charge in [-0.25, -0.2) is 0 Å². The summed E-state index contributed by atoms with van der Waals surface area (Å²) in [7, 11) is 0. The number of carbonyl (C=O) groups excluding carboxylic acids is 1. The number of benzene rings is 1. The van der Waals surface area contributed by atoms with Crippen molar-refractivity contribution in [2.75, 3.05) is 6.61 Å². The molecule has 0 aromatic heterocycles. The number of nitrogens with one attached hydrogen (secondary N) is 1. The number of halogens is 3. The van der Waals surface area contributed by atoms with E-state index in [1.807, 2.05) is 0 Å². The zero-order valence-corrected chi connectivity index (χ0v) is 11.5. The van der Waals surface area contributed by atoms with Crippen LogP contribution in [0.25, 0.3) is 0 Å². The summed E-state index contributed by atoms with van der Waals surface area (Å²) in [5.41, 5.74) is 1.48. The third-order valence-electron chi connectivity index (χ3n) is 2.74. The van der Waals surface area contributed by atoms with E-state index in [1.165, 1.54) is 0 Å². The molecule has 1 unspecified atom stereocenters. The van der Waals surface area contributed by atoms with Crippen molar-refractivity contribution in [3.63, 3.8) is 0 Å². The van der Waals surface area contributed by atoms with Crippen LogP contribution in [-0.2, 0) is 4.79 Å². The van der Waals surface area contributed by atoms with Crippen LogP contribution in [0, 0.1) is 11.8 Å². The summed E-state index contributed by atoms with van der Waals surface area (Å²) in [5, 5.41) is 11.1. The van der Waals surface area contributed by atoms with E-state index in [-0.39, 0.29) is 12.6 Å². The fourth-order valence-corrected chi connectivity index (χ4v) is 1.65. The molecule has 3 nitrogen and oxygen atoms in total. The molecule has 0 aliphatic rings. The van der Waals surface area contributed by atoms with Crippen molar-refractivity contribution in [1.82, 2.24) is 5.32 Å². The van der Waals surface area contributed by atoms with Crippen LogP contribution in [0.4, 0.5) is 13.2 Å². The molecular formula is C15H16F3NO2. The topological polar surface area (TPSA) is 49.3 Å². The molecule has 0 heterocycles. The van der Waals surface area contributed by atoms with Gasteiger partial charge in [-0.3, -0.25) is 4.79 Å². The van der Waals surface area contributed by atoms with Gasteiger partial charge in [0.15, 0.2) is 0 Å². The van der Waals surface area contributed by atoms with Crippen LogP contribution in [0.5, 0.6) is 0 Å². The number of alkyl halides is 3. The smallest absolute Gasteiger partial charge is 0.384 e. The van der Waals surface area contributed by atoms with Crippen LogP contribution in [0.1, 0.15) is 36.9 Å². The molecule has 21 heavy (non-hydrogen) atoms. The van der Waals surface area contributed by atoms with Gasteiger partial charge in [-0.15, -0.1) is 0 Å². The Kier molecular flexibility index (Phi) is 6.25. The van der Waals surface area contributed by atoms with Crippen LogP contribution in [-0.4, -0.2) is 23.8 Å². The fourth-order valence-electron chi connectivity index (χ4n) is 1.65. The number of hydrogen-bond acceptors (Lipinski definition) is 2. The Labute approximate surface area is 121 Å². The summed E-state index contributed by atoms with van der Waals surface area (Å²) in [6.45, 7) is 1.47. The first-order chi connectivity index (χ1) is 9.81. The number of aliphatic hydroxyl groups excluding tert-OH is 1. The molecule has 0 aliphatic carbocycles. The van der Waals surface area contributed by atoms with Gasteiger partial charge < -0.3 is 10.4 Å². The highest BCUT2D eigenvalue weighted by atomic mass is 19.4. The maximum absolute atomic E-state index is 12.0. The monoisotopic (exact) mass is 299 g/mol. The Balaban J connectivity index is 2.55. The summed E-state index contributed by atoms with van der Waals surface area (Å²) in [6, 6.07) is 6.52. The van der Waals surface area contributed by atoms with Crippen molar-refractivity contribution in [1.29, 1.82) is 0 Å². The van der Waals surface area contributed by atoms with Gasteiger partial charge in [0.2, 0.25) is 5.91 Å². The molecule has 0 bridgehead atoms. The molecule has 1 atom stereocenters. The van der Waals surface area contributed by atoms with E-state index in [9.17, 15) is 18.0 Å². The average Bonchev–Trinajstić information content (AvgIpc) is 2.42. The van der Waals surface area contributed by atoms with E-state index < -0.39 is 24.9 Å². The molecule has 114 valence electrons. The molecule has 0 fully saturated rings. The number of carbonyl (C=O) groups is 1. The lowest BCUT2D eigenvalue weighted by molar-refractivity contribution is -0.144. The van der Waals surface area contributed by atoms with E-state index in [1.54, 1.807) is 31.2 Å². The number of hydrogen-bond donors (Lipinski definition) is 2. The zero-order chi connectivity index (χ0) is 15.9. The molecule has 1 rings (SSSR count). The quantitative estimate of drug-likeness (QED) is 0.840. The van der Waals surface area contributed by atoms with Gasteiger partial charge in [0.1, 0.15) is 6.61 Å². The van der Waals surface area contributed by atoms with Crippen molar-refractivity contribution in [2.24, 2.45) is 0 Å². The lowest BCUT2D eigenvalue weighted by atomic mass is 10.1. The molecular weight excluding hydrogens is 283 g/mol. The van der Waals surface area contributed by atoms with Crippen LogP contribution < -0.4 is 5.32 Å². The van der Waals surface area contributed by atoms with E-state index in [4.69, 9.17) is 5.11 Å². The summed E-state index contributed by atoms with van der Waals surface area (Å²) >= 11 is 0. The van der Waals surface area contributed by atoms with E-state index in [0.717, 1.165) is 5.56 Å². The van der Waals surface area contributed by atoms with E-state index >= 15 is 0 Å². The first-order valence-electron chi connectivity index (χ1n) is 6.37. The van der Waals surface area contributed by atoms with Gasteiger partial charge in [-0.2, -0.15) is 13.2 Å². The van der Waals surface area contributed by atoms with Crippen molar-refractivity contribution >= 4 is 5.91 Å². The number of rotatable bonds is 4. The molecule has 6 heteroatoms. The van der Waals surface area contributed by atoms with Gasteiger partial charge in [0.25, 0.3) is 0 Å².